The zero-order chi connectivity index (χ0) is 13.7. The van der Waals surface area contributed by atoms with Gasteiger partial charge in [0.15, 0.2) is 0 Å². The van der Waals surface area contributed by atoms with Crippen LogP contribution >= 0.6 is 0 Å². The standard InChI is InChI=1S/C13H24N2O3/c1-8(2)11(14)12(16)15-10-7-5-3-4-6-9(10)13(17)18/h8-11H,3-7,14H2,1-2H3,(H,15,16)(H,17,18)/t9?,10?,11-/m0/s1. The van der Waals surface area contributed by atoms with Crippen LogP contribution in [0.5, 0.6) is 0 Å². The molecule has 0 saturated heterocycles. The average Bonchev–Trinajstić information content (AvgIpc) is 2.53. The molecule has 1 rings (SSSR count). The van der Waals surface area contributed by atoms with Crippen LogP contribution in [0, 0.1) is 11.8 Å². The summed E-state index contributed by atoms with van der Waals surface area (Å²) in [6, 6.07) is -0.843. The molecule has 0 aliphatic heterocycles. The predicted octanol–water partition coefficient (Wildman–Crippen LogP) is 1.12. The largest absolute Gasteiger partial charge is 0.481 e. The fraction of sp³-hybridized carbons (Fsp3) is 0.846. The van der Waals surface area contributed by atoms with E-state index in [9.17, 15) is 14.7 Å². The molecule has 18 heavy (non-hydrogen) atoms. The Morgan fingerprint density at radius 1 is 1.22 bits per heavy atom. The maximum atomic E-state index is 11.9. The number of nitrogens with one attached hydrogen (secondary N) is 1. The van der Waals surface area contributed by atoms with Crippen LogP contribution in [0.4, 0.5) is 0 Å². The molecule has 104 valence electrons. The molecule has 0 aromatic heterocycles. The van der Waals surface area contributed by atoms with Crippen molar-refractivity contribution in [3.8, 4) is 0 Å². The highest BCUT2D eigenvalue weighted by atomic mass is 16.4. The molecule has 0 spiro atoms. The minimum absolute atomic E-state index is 0.0547. The van der Waals surface area contributed by atoms with E-state index in [1.807, 2.05) is 13.8 Å². The molecular formula is C13H24N2O3. The lowest BCUT2D eigenvalue weighted by atomic mass is 9.94. The quantitative estimate of drug-likeness (QED) is 0.657. The molecule has 3 atom stereocenters. The first-order valence-electron chi connectivity index (χ1n) is 6.72. The Labute approximate surface area is 108 Å². The maximum absolute atomic E-state index is 11.9. The topological polar surface area (TPSA) is 92.4 Å². The maximum Gasteiger partial charge on any atom is 0.308 e. The number of carbonyl (C=O) groups is 2. The van der Waals surface area contributed by atoms with Crippen LogP contribution < -0.4 is 11.1 Å². The van der Waals surface area contributed by atoms with E-state index in [4.69, 9.17) is 5.73 Å². The van der Waals surface area contributed by atoms with Gasteiger partial charge in [-0.2, -0.15) is 0 Å². The zero-order valence-corrected chi connectivity index (χ0v) is 11.2. The molecule has 0 aromatic carbocycles. The Balaban J connectivity index is 2.66. The number of rotatable bonds is 4. The summed E-state index contributed by atoms with van der Waals surface area (Å²) in [7, 11) is 0. The van der Waals surface area contributed by atoms with Gasteiger partial charge >= 0.3 is 5.97 Å². The highest BCUT2D eigenvalue weighted by Crippen LogP contribution is 2.24. The normalized spacial score (nSPS) is 26.4. The third kappa shape index (κ3) is 3.98. The van der Waals surface area contributed by atoms with Crippen molar-refractivity contribution < 1.29 is 14.7 Å². The Morgan fingerprint density at radius 3 is 2.39 bits per heavy atom. The third-order valence-corrected chi connectivity index (χ3v) is 3.68. The molecule has 0 aromatic rings. The number of nitrogens with two attached hydrogens (primary N) is 1. The minimum atomic E-state index is -0.819. The molecule has 0 bridgehead atoms. The van der Waals surface area contributed by atoms with Crippen LogP contribution in [-0.2, 0) is 9.59 Å². The zero-order valence-electron chi connectivity index (χ0n) is 11.2. The smallest absolute Gasteiger partial charge is 0.308 e. The van der Waals surface area contributed by atoms with Gasteiger partial charge in [0, 0.05) is 6.04 Å². The summed E-state index contributed by atoms with van der Waals surface area (Å²) >= 11 is 0. The van der Waals surface area contributed by atoms with Crippen LogP contribution in [0.25, 0.3) is 0 Å². The van der Waals surface area contributed by atoms with Crippen molar-refractivity contribution >= 4 is 11.9 Å². The van der Waals surface area contributed by atoms with Gasteiger partial charge < -0.3 is 16.2 Å². The lowest BCUT2D eigenvalue weighted by Gasteiger charge is -2.25. The van der Waals surface area contributed by atoms with Gasteiger partial charge in [-0.25, -0.2) is 0 Å². The van der Waals surface area contributed by atoms with E-state index < -0.39 is 17.9 Å². The molecule has 4 N–H and O–H groups in total. The van der Waals surface area contributed by atoms with Crippen LogP contribution in [-0.4, -0.2) is 29.1 Å². The van der Waals surface area contributed by atoms with Gasteiger partial charge in [-0.15, -0.1) is 0 Å². The number of hydrogen-bond acceptors (Lipinski definition) is 3. The number of carbonyl (C=O) groups excluding carboxylic acids is 1. The second kappa shape index (κ2) is 6.73. The SMILES string of the molecule is CC(C)[C@H](N)C(=O)NC1CCCCCC1C(=O)O. The summed E-state index contributed by atoms with van der Waals surface area (Å²) in [6.45, 7) is 3.76. The van der Waals surface area contributed by atoms with Crippen molar-refractivity contribution in [2.24, 2.45) is 17.6 Å². The molecule has 1 fully saturated rings. The molecule has 0 radical (unpaired) electrons. The number of hydrogen-bond donors (Lipinski definition) is 3. The van der Waals surface area contributed by atoms with E-state index in [0.29, 0.717) is 6.42 Å². The Hall–Kier alpha value is -1.10. The van der Waals surface area contributed by atoms with Gasteiger partial charge in [0.25, 0.3) is 0 Å². The summed E-state index contributed by atoms with van der Waals surface area (Å²) in [5, 5.41) is 12.0. The van der Waals surface area contributed by atoms with Crippen molar-refractivity contribution in [3.63, 3.8) is 0 Å². The van der Waals surface area contributed by atoms with Gasteiger partial charge in [0.1, 0.15) is 0 Å². The molecule has 1 aliphatic carbocycles. The first kappa shape index (κ1) is 15.0. The van der Waals surface area contributed by atoms with E-state index in [1.165, 1.54) is 0 Å². The second-order valence-electron chi connectivity index (χ2n) is 5.47. The molecule has 0 heterocycles. The van der Waals surface area contributed by atoms with Crippen LogP contribution in [0.2, 0.25) is 0 Å². The lowest BCUT2D eigenvalue weighted by molar-refractivity contribution is -0.143. The average molecular weight is 256 g/mol. The second-order valence-corrected chi connectivity index (χ2v) is 5.47. The number of amides is 1. The van der Waals surface area contributed by atoms with E-state index in [0.717, 1.165) is 25.7 Å². The first-order chi connectivity index (χ1) is 8.43. The number of carboxylic acid groups (broad SMARTS) is 1. The summed E-state index contributed by atoms with van der Waals surface area (Å²) in [5.41, 5.74) is 5.78. The van der Waals surface area contributed by atoms with Gasteiger partial charge in [-0.1, -0.05) is 33.1 Å². The van der Waals surface area contributed by atoms with E-state index in [1.54, 1.807) is 0 Å². The van der Waals surface area contributed by atoms with Gasteiger partial charge in [-0.05, 0) is 18.8 Å². The van der Waals surface area contributed by atoms with E-state index >= 15 is 0 Å². The Morgan fingerprint density at radius 2 is 1.83 bits per heavy atom. The van der Waals surface area contributed by atoms with Crippen molar-refractivity contribution in [2.75, 3.05) is 0 Å². The third-order valence-electron chi connectivity index (χ3n) is 3.68. The van der Waals surface area contributed by atoms with E-state index in [2.05, 4.69) is 5.32 Å². The monoisotopic (exact) mass is 256 g/mol. The van der Waals surface area contributed by atoms with Crippen LogP contribution in [0.15, 0.2) is 0 Å². The molecule has 5 heteroatoms. The fourth-order valence-electron chi connectivity index (χ4n) is 2.36. The van der Waals surface area contributed by atoms with Crippen LogP contribution in [0.1, 0.15) is 46.0 Å². The van der Waals surface area contributed by atoms with Crippen molar-refractivity contribution in [3.05, 3.63) is 0 Å². The van der Waals surface area contributed by atoms with Crippen molar-refractivity contribution in [1.29, 1.82) is 0 Å². The summed E-state index contributed by atoms with van der Waals surface area (Å²) in [5.74, 6) is -1.47. The Bertz CT molecular complexity index is 305. The van der Waals surface area contributed by atoms with Crippen molar-refractivity contribution in [1.82, 2.24) is 5.32 Å². The highest BCUT2D eigenvalue weighted by Gasteiger charge is 2.31. The van der Waals surface area contributed by atoms with Gasteiger partial charge in [0.05, 0.1) is 12.0 Å². The summed E-state index contributed by atoms with van der Waals surface area (Å²) in [4.78, 5) is 23.1. The predicted molar refractivity (Wildman–Crippen MR) is 69.0 cm³/mol. The molecule has 1 saturated carbocycles. The number of carboxylic acids is 1. The molecule has 5 nitrogen and oxygen atoms in total. The highest BCUT2D eigenvalue weighted by molar-refractivity contribution is 5.83. The molecule has 2 unspecified atom stereocenters. The molecule has 1 amide bonds. The van der Waals surface area contributed by atoms with Gasteiger partial charge in [-0.3, -0.25) is 9.59 Å². The number of aliphatic carboxylic acids is 1. The van der Waals surface area contributed by atoms with Gasteiger partial charge in [0.2, 0.25) is 5.91 Å². The van der Waals surface area contributed by atoms with Crippen molar-refractivity contribution in [2.45, 2.75) is 58.0 Å². The Kier molecular flexibility index (Phi) is 5.59. The van der Waals surface area contributed by atoms with E-state index in [-0.39, 0.29) is 17.9 Å². The van der Waals surface area contributed by atoms with Crippen LogP contribution in [0.3, 0.4) is 0 Å². The first-order valence-corrected chi connectivity index (χ1v) is 6.72. The molecular weight excluding hydrogens is 232 g/mol. The summed E-state index contributed by atoms with van der Waals surface area (Å²) < 4.78 is 0. The lowest BCUT2D eigenvalue weighted by Crippen LogP contribution is -2.51. The minimum Gasteiger partial charge on any atom is -0.481 e. The molecule has 1 aliphatic rings. The summed E-state index contributed by atoms with van der Waals surface area (Å²) in [6.07, 6.45) is 4.28. The fourth-order valence-corrected chi connectivity index (χ4v) is 2.36.